The second-order valence-electron chi connectivity index (χ2n) is 4.78. The van der Waals surface area contributed by atoms with Crippen LogP contribution in [-0.2, 0) is 0 Å². The van der Waals surface area contributed by atoms with Gasteiger partial charge in [-0.15, -0.1) is 0 Å². The van der Waals surface area contributed by atoms with Gasteiger partial charge in [-0.25, -0.2) is 0 Å². The Morgan fingerprint density at radius 3 is 2.27 bits per heavy atom. The average molecular weight is 246 g/mol. The van der Waals surface area contributed by atoms with Gasteiger partial charge in [0.1, 0.15) is 0 Å². The first-order valence-electron chi connectivity index (χ1n) is 5.02. The van der Waals surface area contributed by atoms with Crippen LogP contribution in [0.15, 0.2) is 18.2 Å². The highest BCUT2D eigenvalue weighted by Gasteiger charge is 2.16. The van der Waals surface area contributed by atoms with Crippen LogP contribution in [0.4, 0.5) is 0 Å². The van der Waals surface area contributed by atoms with Crippen molar-refractivity contribution in [2.24, 2.45) is 0 Å². The molecule has 1 atom stereocenters. The lowest BCUT2D eigenvalue weighted by molar-refractivity contribution is 0.378. The molecule has 0 radical (unpaired) electrons. The summed E-state index contributed by atoms with van der Waals surface area (Å²) in [7, 11) is 0. The summed E-state index contributed by atoms with van der Waals surface area (Å²) < 4.78 is 0. The third kappa shape index (κ3) is 4.02. The Kier molecular flexibility index (Phi) is 4.05. The predicted molar refractivity (Wildman–Crippen MR) is 67.8 cm³/mol. The summed E-state index contributed by atoms with van der Waals surface area (Å²) >= 11 is 12.0. The maximum absolute atomic E-state index is 6.13. The monoisotopic (exact) mass is 245 g/mol. The van der Waals surface area contributed by atoms with E-state index in [9.17, 15) is 0 Å². The molecule has 15 heavy (non-hydrogen) atoms. The first-order chi connectivity index (χ1) is 6.79. The molecule has 0 saturated carbocycles. The molecule has 0 unspecified atom stereocenters. The molecule has 1 aromatic rings. The van der Waals surface area contributed by atoms with E-state index in [-0.39, 0.29) is 11.6 Å². The lowest BCUT2D eigenvalue weighted by Gasteiger charge is -2.26. The SMILES string of the molecule is C[C@H](NC(C)(C)C)c1ccc(Cl)cc1Cl. The Balaban J connectivity index is 2.87. The van der Waals surface area contributed by atoms with Crippen LogP contribution in [0.25, 0.3) is 0 Å². The molecular formula is C12H17Cl2N. The molecule has 1 rings (SSSR count). The van der Waals surface area contributed by atoms with Gasteiger partial charge in [0, 0.05) is 21.6 Å². The Hall–Kier alpha value is -0.240. The molecule has 0 bridgehead atoms. The number of hydrogen-bond acceptors (Lipinski definition) is 1. The molecule has 1 N–H and O–H groups in total. The van der Waals surface area contributed by atoms with E-state index >= 15 is 0 Å². The van der Waals surface area contributed by atoms with Crippen molar-refractivity contribution in [3.63, 3.8) is 0 Å². The molecule has 0 saturated heterocycles. The van der Waals surface area contributed by atoms with Crippen LogP contribution >= 0.6 is 23.2 Å². The molecule has 0 spiro atoms. The maximum atomic E-state index is 6.13. The predicted octanol–water partition coefficient (Wildman–Crippen LogP) is 4.44. The lowest BCUT2D eigenvalue weighted by atomic mass is 10.0. The zero-order valence-electron chi connectivity index (χ0n) is 9.57. The molecule has 0 heterocycles. The summed E-state index contributed by atoms with van der Waals surface area (Å²) in [4.78, 5) is 0. The van der Waals surface area contributed by atoms with Gasteiger partial charge in [-0.1, -0.05) is 29.3 Å². The second-order valence-corrected chi connectivity index (χ2v) is 5.63. The highest BCUT2D eigenvalue weighted by molar-refractivity contribution is 6.35. The Labute approximate surface area is 102 Å². The zero-order valence-corrected chi connectivity index (χ0v) is 11.1. The molecular weight excluding hydrogens is 229 g/mol. The number of benzene rings is 1. The number of halogens is 2. The Morgan fingerprint density at radius 2 is 1.80 bits per heavy atom. The van der Waals surface area contributed by atoms with Crippen LogP contribution in [-0.4, -0.2) is 5.54 Å². The minimum Gasteiger partial charge on any atom is -0.305 e. The largest absolute Gasteiger partial charge is 0.305 e. The standard InChI is InChI=1S/C12H17Cl2N/c1-8(15-12(2,3)4)10-6-5-9(13)7-11(10)14/h5-8,15H,1-4H3/t8-/m0/s1. The minimum absolute atomic E-state index is 0.0718. The molecule has 0 aliphatic heterocycles. The van der Waals surface area contributed by atoms with E-state index < -0.39 is 0 Å². The van der Waals surface area contributed by atoms with E-state index in [2.05, 4.69) is 33.0 Å². The summed E-state index contributed by atoms with van der Waals surface area (Å²) in [6, 6.07) is 5.83. The number of hydrogen-bond donors (Lipinski definition) is 1. The summed E-state index contributed by atoms with van der Waals surface area (Å²) in [5, 5.41) is 4.86. The average Bonchev–Trinajstić information content (AvgIpc) is 1.99. The third-order valence-corrected chi connectivity index (χ3v) is 2.64. The molecule has 0 amide bonds. The van der Waals surface area contributed by atoms with Crippen LogP contribution < -0.4 is 5.32 Å². The van der Waals surface area contributed by atoms with E-state index in [4.69, 9.17) is 23.2 Å². The van der Waals surface area contributed by atoms with Crippen LogP contribution in [0.5, 0.6) is 0 Å². The van der Waals surface area contributed by atoms with Crippen molar-refractivity contribution in [3.05, 3.63) is 33.8 Å². The van der Waals surface area contributed by atoms with Crippen LogP contribution in [0, 0.1) is 0 Å². The fraction of sp³-hybridized carbons (Fsp3) is 0.500. The third-order valence-electron chi connectivity index (χ3n) is 2.08. The second kappa shape index (κ2) is 4.73. The van der Waals surface area contributed by atoms with Gasteiger partial charge in [-0.2, -0.15) is 0 Å². The molecule has 3 heteroatoms. The maximum Gasteiger partial charge on any atom is 0.0468 e. The summed E-state index contributed by atoms with van der Waals surface area (Å²) in [6.07, 6.45) is 0. The molecule has 0 aliphatic rings. The van der Waals surface area contributed by atoms with Crippen molar-refractivity contribution in [1.29, 1.82) is 0 Å². The fourth-order valence-corrected chi connectivity index (χ4v) is 2.15. The first-order valence-corrected chi connectivity index (χ1v) is 5.78. The zero-order chi connectivity index (χ0) is 11.6. The van der Waals surface area contributed by atoms with Gasteiger partial charge in [0.05, 0.1) is 0 Å². The number of rotatable bonds is 2. The van der Waals surface area contributed by atoms with Crippen LogP contribution in [0.2, 0.25) is 10.0 Å². The van der Waals surface area contributed by atoms with Crippen LogP contribution in [0.3, 0.4) is 0 Å². The van der Waals surface area contributed by atoms with E-state index in [0.717, 1.165) is 5.56 Å². The van der Waals surface area contributed by atoms with Gasteiger partial charge >= 0.3 is 0 Å². The Bertz CT molecular complexity index is 342. The van der Waals surface area contributed by atoms with Crippen molar-refractivity contribution >= 4 is 23.2 Å². The van der Waals surface area contributed by atoms with Gasteiger partial charge in [0.2, 0.25) is 0 Å². The van der Waals surface area contributed by atoms with Crippen molar-refractivity contribution in [3.8, 4) is 0 Å². The smallest absolute Gasteiger partial charge is 0.0468 e. The molecule has 0 fully saturated rings. The molecule has 84 valence electrons. The van der Waals surface area contributed by atoms with Crippen molar-refractivity contribution in [2.75, 3.05) is 0 Å². The van der Waals surface area contributed by atoms with E-state index in [1.54, 1.807) is 6.07 Å². The summed E-state index contributed by atoms with van der Waals surface area (Å²) in [6.45, 7) is 8.49. The van der Waals surface area contributed by atoms with Crippen molar-refractivity contribution in [2.45, 2.75) is 39.3 Å². The van der Waals surface area contributed by atoms with Crippen molar-refractivity contribution < 1.29 is 0 Å². The van der Waals surface area contributed by atoms with E-state index in [1.807, 2.05) is 12.1 Å². The molecule has 0 aliphatic carbocycles. The highest BCUT2D eigenvalue weighted by atomic mass is 35.5. The van der Waals surface area contributed by atoms with Crippen LogP contribution in [0.1, 0.15) is 39.3 Å². The molecule has 1 aromatic carbocycles. The quantitative estimate of drug-likeness (QED) is 0.813. The van der Waals surface area contributed by atoms with Gasteiger partial charge in [0.25, 0.3) is 0 Å². The van der Waals surface area contributed by atoms with Gasteiger partial charge in [-0.3, -0.25) is 0 Å². The van der Waals surface area contributed by atoms with E-state index in [0.29, 0.717) is 10.0 Å². The summed E-state index contributed by atoms with van der Waals surface area (Å²) in [5.74, 6) is 0. The first kappa shape index (κ1) is 12.8. The normalized spacial score (nSPS) is 14.0. The fourth-order valence-electron chi connectivity index (χ4n) is 1.58. The number of nitrogens with one attached hydrogen (secondary N) is 1. The van der Waals surface area contributed by atoms with Crippen molar-refractivity contribution in [1.82, 2.24) is 5.32 Å². The minimum atomic E-state index is 0.0718. The van der Waals surface area contributed by atoms with E-state index in [1.165, 1.54) is 0 Å². The highest BCUT2D eigenvalue weighted by Crippen LogP contribution is 2.27. The topological polar surface area (TPSA) is 12.0 Å². The Morgan fingerprint density at radius 1 is 1.20 bits per heavy atom. The molecule has 1 nitrogen and oxygen atoms in total. The van der Waals surface area contributed by atoms with Gasteiger partial charge < -0.3 is 5.32 Å². The molecule has 0 aromatic heterocycles. The van der Waals surface area contributed by atoms with Gasteiger partial charge in [-0.05, 0) is 45.4 Å². The van der Waals surface area contributed by atoms with Gasteiger partial charge in [0.15, 0.2) is 0 Å². The summed E-state index contributed by atoms with van der Waals surface area (Å²) in [5.41, 5.74) is 1.15. The lowest BCUT2D eigenvalue weighted by Crippen LogP contribution is -2.37.